The largest absolute Gasteiger partial charge is 0.379 e. The minimum atomic E-state index is -2.61. The number of carbonyl (C=O) groups excluding carboxylic acids is 1. The van der Waals surface area contributed by atoms with Gasteiger partial charge in [0.05, 0.1) is 23.3 Å². The molecule has 5 rings (SSSR count). The molecule has 0 aliphatic carbocycles. The van der Waals surface area contributed by atoms with E-state index in [9.17, 15) is 13.6 Å². The SMILES string of the molecule is C[C@H]1CC(=O)Nc2cccc(N3CCCc4cc(-c5cnn(C)c5)c(C(F)F)cc43)c2N1. The zero-order valence-corrected chi connectivity index (χ0v) is 18.0. The molecule has 1 atom stereocenters. The van der Waals surface area contributed by atoms with Gasteiger partial charge in [-0.15, -0.1) is 0 Å². The Hall–Kier alpha value is -3.42. The Morgan fingerprint density at radius 1 is 1.22 bits per heavy atom. The van der Waals surface area contributed by atoms with Crippen LogP contribution < -0.4 is 15.5 Å². The number of alkyl halides is 2. The molecule has 2 aromatic carbocycles. The average Bonchev–Trinajstić information content (AvgIpc) is 3.12. The standard InChI is InChI=1S/C24H25F2N5O/c1-14-9-22(32)29-19-6-3-7-20(23(19)28-14)31-8-4-5-15-10-17(16-12-27-30(2)13-16)18(24(25)26)11-21(15)31/h3,6-7,10-14,24,28H,4-5,8-9H2,1-2H3,(H,29,32)/t14-/m0/s1. The highest BCUT2D eigenvalue weighted by Crippen LogP contribution is 2.45. The van der Waals surface area contributed by atoms with Crippen molar-refractivity contribution in [1.82, 2.24) is 9.78 Å². The Kier molecular flexibility index (Phi) is 5.07. The summed E-state index contributed by atoms with van der Waals surface area (Å²) in [6.07, 6.45) is 2.87. The number of anilines is 4. The Balaban J connectivity index is 1.64. The Morgan fingerprint density at radius 3 is 2.81 bits per heavy atom. The molecule has 3 aromatic rings. The van der Waals surface area contributed by atoms with Gasteiger partial charge in [0.2, 0.25) is 5.91 Å². The van der Waals surface area contributed by atoms with E-state index < -0.39 is 6.43 Å². The first-order valence-electron chi connectivity index (χ1n) is 10.8. The Bertz CT molecular complexity index is 1190. The fraction of sp³-hybridized carbons (Fsp3) is 0.333. The number of nitrogens with zero attached hydrogens (tertiary/aromatic N) is 3. The van der Waals surface area contributed by atoms with E-state index in [0.717, 1.165) is 35.5 Å². The molecule has 166 valence electrons. The number of halogens is 2. The highest BCUT2D eigenvalue weighted by molar-refractivity contribution is 6.00. The van der Waals surface area contributed by atoms with Crippen molar-refractivity contribution in [2.45, 2.75) is 38.7 Å². The van der Waals surface area contributed by atoms with E-state index in [1.54, 1.807) is 30.2 Å². The number of amides is 1. The quantitative estimate of drug-likeness (QED) is 0.587. The highest BCUT2D eigenvalue weighted by atomic mass is 19.3. The van der Waals surface area contributed by atoms with Gasteiger partial charge in [-0.3, -0.25) is 9.48 Å². The van der Waals surface area contributed by atoms with Gasteiger partial charge in [0.15, 0.2) is 0 Å². The second-order valence-corrected chi connectivity index (χ2v) is 8.52. The summed E-state index contributed by atoms with van der Waals surface area (Å²) in [4.78, 5) is 14.3. The van der Waals surface area contributed by atoms with Crippen molar-refractivity contribution in [2.24, 2.45) is 7.05 Å². The zero-order chi connectivity index (χ0) is 22.4. The third-order valence-electron chi connectivity index (χ3n) is 6.11. The van der Waals surface area contributed by atoms with E-state index in [0.29, 0.717) is 29.8 Å². The van der Waals surface area contributed by atoms with Crippen LogP contribution in [0.5, 0.6) is 0 Å². The summed E-state index contributed by atoms with van der Waals surface area (Å²) in [5.74, 6) is -0.0407. The van der Waals surface area contributed by atoms with Crippen LogP contribution >= 0.6 is 0 Å². The maximum Gasteiger partial charge on any atom is 0.264 e. The number of nitrogens with one attached hydrogen (secondary N) is 2. The van der Waals surface area contributed by atoms with Gasteiger partial charge in [0, 0.05) is 49.1 Å². The summed E-state index contributed by atoms with van der Waals surface area (Å²) in [5, 5.41) is 10.6. The van der Waals surface area contributed by atoms with Gasteiger partial charge in [-0.05, 0) is 55.2 Å². The maximum absolute atomic E-state index is 14.1. The van der Waals surface area contributed by atoms with Crippen molar-refractivity contribution in [1.29, 1.82) is 0 Å². The summed E-state index contributed by atoms with van der Waals surface area (Å²) < 4.78 is 29.9. The molecule has 2 aliphatic rings. The lowest BCUT2D eigenvalue weighted by Gasteiger charge is -2.34. The van der Waals surface area contributed by atoms with Crippen molar-refractivity contribution in [3.05, 3.63) is 53.9 Å². The van der Waals surface area contributed by atoms with Crippen molar-refractivity contribution in [3.63, 3.8) is 0 Å². The van der Waals surface area contributed by atoms with Crippen LogP contribution in [-0.2, 0) is 18.3 Å². The smallest absolute Gasteiger partial charge is 0.264 e. The lowest BCUT2D eigenvalue weighted by Crippen LogP contribution is -2.26. The number of hydrogen-bond acceptors (Lipinski definition) is 4. The highest BCUT2D eigenvalue weighted by Gasteiger charge is 2.28. The van der Waals surface area contributed by atoms with E-state index >= 15 is 0 Å². The molecule has 1 amide bonds. The fourth-order valence-electron chi connectivity index (χ4n) is 4.69. The van der Waals surface area contributed by atoms with Crippen LogP contribution in [0.25, 0.3) is 11.1 Å². The summed E-state index contributed by atoms with van der Waals surface area (Å²) in [6, 6.07) is 9.20. The predicted molar refractivity (Wildman–Crippen MR) is 122 cm³/mol. The Morgan fingerprint density at radius 2 is 2.06 bits per heavy atom. The second kappa shape index (κ2) is 7.93. The van der Waals surface area contributed by atoms with Crippen LogP contribution in [0.2, 0.25) is 0 Å². The number of benzene rings is 2. The molecular weight excluding hydrogens is 412 g/mol. The monoisotopic (exact) mass is 437 g/mol. The molecule has 0 saturated heterocycles. The molecule has 0 fully saturated rings. The molecule has 32 heavy (non-hydrogen) atoms. The molecule has 2 N–H and O–H groups in total. The molecule has 0 spiro atoms. The minimum Gasteiger partial charge on any atom is -0.379 e. The van der Waals surface area contributed by atoms with Crippen LogP contribution in [0.4, 0.5) is 31.5 Å². The van der Waals surface area contributed by atoms with Gasteiger partial charge >= 0.3 is 0 Å². The van der Waals surface area contributed by atoms with Crippen LogP contribution in [-0.4, -0.2) is 28.3 Å². The van der Waals surface area contributed by atoms with Gasteiger partial charge < -0.3 is 15.5 Å². The van der Waals surface area contributed by atoms with Crippen molar-refractivity contribution in [2.75, 3.05) is 22.1 Å². The number of rotatable bonds is 3. The number of carbonyl (C=O) groups is 1. The molecule has 2 aliphatic heterocycles. The maximum atomic E-state index is 14.1. The van der Waals surface area contributed by atoms with Crippen molar-refractivity contribution < 1.29 is 13.6 Å². The fourth-order valence-corrected chi connectivity index (χ4v) is 4.69. The van der Waals surface area contributed by atoms with Crippen molar-refractivity contribution in [3.8, 4) is 11.1 Å². The van der Waals surface area contributed by atoms with E-state index in [4.69, 9.17) is 0 Å². The predicted octanol–water partition coefficient (Wildman–Crippen LogP) is 5.25. The molecule has 8 heteroatoms. The first kappa shape index (κ1) is 20.5. The van der Waals surface area contributed by atoms with Crippen molar-refractivity contribution >= 4 is 28.7 Å². The summed E-state index contributed by atoms with van der Waals surface area (Å²) in [7, 11) is 1.78. The lowest BCUT2D eigenvalue weighted by atomic mass is 9.92. The molecule has 0 unspecified atom stereocenters. The van der Waals surface area contributed by atoms with Gasteiger partial charge in [0.25, 0.3) is 6.43 Å². The number of aryl methyl sites for hydroxylation is 2. The average molecular weight is 437 g/mol. The van der Waals surface area contributed by atoms with Gasteiger partial charge in [0.1, 0.15) is 0 Å². The van der Waals surface area contributed by atoms with Crippen LogP contribution in [0.3, 0.4) is 0 Å². The first-order chi connectivity index (χ1) is 15.4. The van der Waals surface area contributed by atoms with Gasteiger partial charge in [-0.2, -0.15) is 5.10 Å². The normalized spacial score (nSPS) is 18.0. The molecular formula is C24H25F2N5O. The van der Waals surface area contributed by atoms with Crippen LogP contribution in [0.1, 0.15) is 37.3 Å². The molecule has 6 nitrogen and oxygen atoms in total. The van der Waals surface area contributed by atoms with Gasteiger partial charge in [-0.1, -0.05) is 6.07 Å². The number of aromatic nitrogens is 2. The van der Waals surface area contributed by atoms with Crippen LogP contribution in [0.15, 0.2) is 42.7 Å². The second-order valence-electron chi connectivity index (χ2n) is 8.52. The van der Waals surface area contributed by atoms with Gasteiger partial charge in [-0.25, -0.2) is 8.78 Å². The topological polar surface area (TPSA) is 62.2 Å². The third-order valence-corrected chi connectivity index (χ3v) is 6.11. The molecule has 0 saturated carbocycles. The third kappa shape index (κ3) is 3.59. The first-order valence-corrected chi connectivity index (χ1v) is 10.8. The number of fused-ring (bicyclic) bond motifs is 2. The zero-order valence-electron chi connectivity index (χ0n) is 18.0. The minimum absolute atomic E-state index is 0.000279. The molecule has 0 radical (unpaired) electrons. The Labute approximate surface area is 185 Å². The lowest BCUT2D eigenvalue weighted by molar-refractivity contribution is -0.116. The molecule has 1 aromatic heterocycles. The molecule has 3 heterocycles. The molecule has 0 bridgehead atoms. The van der Waals surface area contributed by atoms with E-state index in [1.165, 1.54) is 0 Å². The number of hydrogen-bond donors (Lipinski definition) is 2. The summed E-state index contributed by atoms with van der Waals surface area (Å²) in [5.41, 5.74) is 5.46. The summed E-state index contributed by atoms with van der Waals surface area (Å²) in [6.45, 7) is 2.67. The van der Waals surface area contributed by atoms with E-state index in [-0.39, 0.29) is 17.5 Å². The van der Waals surface area contributed by atoms with E-state index in [2.05, 4.69) is 20.6 Å². The van der Waals surface area contributed by atoms with Crippen LogP contribution in [0, 0.1) is 0 Å². The summed E-state index contributed by atoms with van der Waals surface area (Å²) >= 11 is 0. The number of para-hydroxylation sites is 1. The van der Waals surface area contributed by atoms with E-state index in [1.807, 2.05) is 31.2 Å².